The molecule has 1 heterocycles. The van der Waals surface area contributed by atoms with Crippen LogP contribution in [0.4, 0.5) is 5.82 Å². The standard InChI is InChI=1S/C14H20BrN3O3/c1-10(2-5-14(20)21)6-7-16-9-13(19)18-12-4-3-11(15)8-17-12/h3-4,8,10,16H,2,5-7,9H2,1H3,(H,20,21)(H,17,18,19). The predicted molar refractivity (Wildman–Crippen MR) is 84.1 cm³/mol. The van der Waals surface area contributed by atoms with Crippen molar-refractivity contribution in [3.05, 3.63) is 22.8 Å². The molecule has 0 aromatic carbocycles. The molecule has 0 aliphatic carbocycles. The first-order valence-corrected chi connectivity index (χ1v) is 7.60. The first-order valence-electron chi connectivity index (χ1n) is 6.81. The number of hydrogen-bond donors (Lipinski definition) is 3. The van der Waals surface area contributed by atoms with Crippen LogP contribution in [0.5, 0.6) is 0 Å². The largest absolute Gasteiger partial charge is 0.481 e. The number of nitrogens with zero attached hydrogens (tertiary/aromatic N) is 1. The fourth-order valence-corrected chi connectivity index (χ4v) is 1.94. The number of carboxylic acid groups (broad SMARTS) is 1. The van der Waals surface area contributed by atoms with Gasteiger partial charge in [0, 0.05) is 17.1 Å². The lowest BCUT2D eigenvalue weighted by atomic mass is 10.0. The molecule has 1 rings (SSSR count). The number of halogens is 1. The predicted octanol–water partition coefficient (Wildman–Crippen LogP) is 2.26. The maximum atomic E-state index is 11.7. The number of rotatable bonds is 9. The van der Waals surface area contributed by atoms with Crippen molar-refractivity contribution in [2.45, 2.75) is 26.2 Å². The molecule has 1 atom stereocenters. The van der Waals surface area contributed by atoms with E-state index in [4.69, 9.17) is 5.11 Å². The summed E-state index contributed by atoms with van der Waals surface area (Å²) in [6, 6.07) is 3.52. The summed E-state index contributed by atoms with van der Waals surface area (Å²) < 4.78 is 0.856. The van der Waals surface area contributed by atoms with Gasteiger partial charge >= 0.3 is 5.97 Å². The Kier molecular flexibility index (Phi) is 7.92. The minimum Gasteiger partial charge on any atom is -0.481 e. The monoisotopic (exact) mass is 357 g/mol. The highest BCUT2D eigenvalue weighted by molar-refractivity contribution is 9.10. The van der Waals surface area contributed by atoms with Crippen LogP contribution < -0.4 is 10.6 Å². The Hall–Kier alpha value is -1.47. The number of nitrogens with one attached hydrogen (secondary N) is 2. The lowest BCUT2D eigenvalue weighted by Gasteiger charge is -2.10. The zero-order valence-electron chi connectivity index (χ0n) is 11.9. The fourth-order valence-electron chi connectivity index (χ4n) is 1.70. The van der Waals surface area contributed by atoms with Crippen LogP contribution in [0.1, 0.15) is 26.2 Å². The van der Waals surface area contributed by atoms with Crippen molar-refractivity contribution in [2.75, 3.05) is 18.4 Å². The Labute approximate surface area is 132 Å². The summed E-state index contributed by atoms with van der Waals surface area (Å²) in [5.41, 5.74) is 0. The lowest BCUT2D eigenvalue weighted by molar-refractivity contribution is -0.137. The maximum absolute atomic E-state index is 11.7. The SMILES string of the molecule is CC(CCNCC(=O)Nc1ccc(Br)cn1)CCC(=O)O. The second-order valence-corrected chi connectivity index (χ2v) is 5.83. The summed E-state index contributed by atoms with van der Waals surface area (Å²) >= 11 is 3.27. The summed E-state index contributed by atoms with van der Waals surface area (Å²) in [6.45, 7) is 2.90. The van der Waals surface area contributed by atoms with E-state index in [0.717, 1.165) is 10.9 Å². The van der Waals surface area contributed by atoms with Crippen molar-refractivity contribution in [1.29, 1.82) is 0 Å². The van der Waals surface area contributed by atoms with Gasteiger partial charge in [0.15, 0.2) is 0 Å². The van der Waals surface area contributed by atoms with E-state index in [1.54, 1.807) is 18.3 Å². The van der Waals surface area contributed by atoms with Gasteiger partial charge in [-0.1, -0.05) is 6.92 Å². The molecule has 116 valence electrons. The average Bonchev–Trinajstić information content (AvgIpc) is 2.44. The molecule has 0 aliphatic heterocycles. The number of pyridine rings is 1. The Bertz CT molecular complexity index is 465. The van der Waals surface area contributed by atoms with Crippen molar-refractivity contribution in [3.8, 4) is 0 Å². The minimum absolute atomic E-state index is 0.150. The van der Waals surface area contributed by atoms with Crippen molar-refractivity contribution in [2.24, 2.45) is 5.92 Å². The molecule has 7 heteroatoms. The van der Waals surface area contributed by atoms with E-state index in [1.165, 1.54) is 0 Å². The summed E-state index contributed by atoms with van der Waals surface area (Å²) in [6.07, 6.45) is 3.31. The van der Waals surface area contributed by atoms with E-state index in [2.05, 4.69) is 31.5 Å². The number of aliphatic carboxylic acids is 1. The molecule has 21 heavy (non-hydrogen) atoms. The van der Waals surface area contributed by atoms with Crippen molar-refractivity contribution < 1.29 is 14.7 Å². The molecule has 3 N–H and O–H groups in total. The van der Waals surface area contributed by atoms with Gasteiger partial charge in [0.2, 0.25) is 5.91 Å². The number of anilines is 1. The molecule has 0 saturated carbocycles. The molecule has 6 nitrogen and oxygen atoms in total. The van der Waals surface area contributed by atoms with Crippen molar-refractivity contribution in [1.82, 2.24) is 10.3 Å². The van der Waals surface area contributed by atoms with E-state index in [1.807, 2.05) is 6.92 Å². The van der Waals surface area contributed by atoms with E-state index in [0.29, 0.717) is 24.7 Å². The number of carboxylic acids is 1. The van der Waals surface area contributed by atoms with Gasteiger partial charge < -0.3 is 15.7 Å². The third kappa shape index (κ3) is 8.41. The van der Waals surface area contributed by atoms with Crippen LogP contribution in [0.25, 0.3) is 0 Å². The summed E-state index contributed by atoms with van der Waals surface area (Å²) in [4.78, 5) is 26.1. The third-order valence-corrected chi connectivity index (χ3v) is 3.41. The molecule has 0 aliphatic rings. The molecule has 0 bridgehead atoms. The van der Waals surface area contributed by atoms with Gasteiger partial charge in [-0.3, -0.25) is 9.59 Å². The van der Waals surface area contributed by atoms with Crippen LogP contribution >= 0.6 is 15.9 Å². The first kappa shape index (κ1) is 17.6. The van der Waals surface area contributed by atoms with E-state index in [9.17, 15) is 9.59 Å². The van der Waals surface area contributed by atoms with Crippen LogP contribution in [-0.2, 0) is 9.59 Å². The lowest BCUT2D eigenvalue weighted by Crippen LogP contribution is -2.29. The first-order chi connectivity index (χ1) is 9.97. The smallest absolute Gasteiger partial charge is 0.303 e. The van der Waals surface area contributed by atoms with Crippen molar-refractivity contribution >= 4 is 33.6 Å². The summed E-state index contributed by atoms with van der Waals surface area (Å²) in [5.74, 6) is -0.0798. The summed E-state index contributed by atoms with van der Waals surface area (Å²) in [7, 11) is 0. The van der Waals surface area contributed by atoms with Gasteiger partial charge in [0.25, 0.3) is 0 Å². The number of carbonyl (C=O) groups is 2. The second-order valence-electron chi connectivity index (χ2n) is 4.91. The molecular weight excluding hydrogens is 338 g/mol. The quantitative estimate of drug-likeness (QED) is 0.589. The van der Waals surface area contributed by atoms with Crippen LogP contribution in [0.3, 0.4) is 0 Å². The Morgan fingerprint density at radius 2 is 2.14 bits per heavy atom. The van der Waals surface area contributed by atoms with Crippen molar-refractivity contribution in [3.63, 3.8) is 0 Å². The summed E-state index contributed by atoms with van der Waals surface area (Å²) in [5, 5.41) is 14.3. The third-order valence-electron chi connectivity index (χ3n) is 2.95. The van der Waals surface area contributed by atoms with Gasteiger partial charge in [0.1, 0.15) is 5.82 Å². The van der Waals surface area contributed by atoms with Crippen LogP contribution in [0.15, 0.2) is 22.8 Å². The number of amides is 1. The van der Waals surface area contributed by atoms with Gasteiger partial charge in [-0.2, -0.15) is 0 Å². The van der Waals surface area contributed by atoms with Gasteiger partial charge in [-0.25, -0.2) is 4.98 Å². The zero-order valence-corrected chi connectivity index (χ0v) is 13.5. The second kappa shape index (κ2) is 9.46. The minimum atomic E-state index is -0.767. The van der Waals surface area contributed by atoms with E-state index in [-0.39, 0.29) is 18.9 Å². The Morgan fingerprint density at radius 3 is 2.76 bits per heavy atom. The van der Waals surface area contributed by atoms with Gasteiger partial charge in [-0.15, -0.1) is 0 Å². The molecule has 1 unspecified atom stereocenters. The fraction of sp³-hybridized carbons (Fsp3) is 0.500. The number of carbonyl (C=O) groups excluding carboxylic acids is 1. The molecule has 0 fully saturated rings. The molecule has 0 radical (unpaired) electrons. The molecule has 1 aromatic heterocycles. The molecule has 0 spiro atoms. The Morgan fingerprint density at radius 1 is 1.38 bits per heavy atom. The molecule has 0 saturated heterocycles. The average molecular weight is 358 g/mol. The maximum Gasteiger partial charge on any atom is 0.303 e. The molecule has 1 amide bonds. The van der Waals surface area contributed by atoms with Gasteiger partial charge in [-0.05, 0) is 53.4 Å². The van der Waals surface area contributed by atoms with E-state index < -0.39 is 5.97 Å². The van der Waals surface area contributed by atoms with E-state index >= 15 is 0 Å². The number of hydrogen-bond acceptors (Lipinski definition) is 4. The normalized spacial score (nSPS) is 11.9. The highest BCUT2D eigenvalue weighted by atomic mass is 79.9. The highest BCUT2D eigenvalue weighted by Crippen LogP contribution is 2.10. The molecular formula is C14H20BrN3O3. The van der Waals surface area contributed by atoms with Crippen LogP contribution in [0.2, 0.25) is 0 Å². The van der Waals surface area contributed by atoms with Crippen LogP contribution in [-0.4, -0.2) is 35.1 Å². The topological polar surface area (TPSA) is 91.3 Å². The van der Waals surface area contributed by atoms with Crippen LogP contribution in [0, 0.1) is 5.92 Å². The highest BCUT2D eigenvalue weighted by Gasteiger charge is 2.06. The number of aromatic nitrogens is 1. The zero-order chi connectivity index (χ0) is 15.7. The Balaban J connectivity index is 2.13. The van der Waals surface area contributed by atoms with Gasteiger partial charge in [0.05, 0.1) is 6.54 Å². The molecule has 1 aromatic rings.